The van der Waals surface area contributed by atoms with Crippen LogP contribution in [0.25, 0.3) is 11.8 Å². The quantitative estimate of drug-likeness (QED) is 0.276. The van der Waals surface area contributed by atoms with Gasteiger partial charge in [0.1, 0.15) is 12.6 Å². The number of carbonyl (C=O) groups is 1. The first-order valence-electron chi connectivity index (χ1n) is 13.2. The first-order valence-corrected chi connectivity index (χ1v) is 14.0. The summed E-state index contributed by atoms with van der Waals surface area (Å²) < 4.78 is 19.2. The Labute approximate surface area is 236 Å². The van der Waals surface area contributed by atoms with Crippen LogP contribution in [-0.2, 0) is 16.1 Å². The van der Waals surface area contributed by atoms with Gasteiger partial charge in [-0.2, -0.15) is 0 Å². The second-order valence-corrected chi connectivity index (χ2v) is 10.1. The molecule has 0 unspecified atom stereocenters. The fraction of sp³-hybridized carbons (Fsp3) is 0.219. The lowest BCUT2D eigenvalue weighted by Crippen LogP contribution is -2.35. The molecule has 4 aromatic rings. The van der Waals surface area contributed by atoms with Crippen LogP contribution in [0.5, 0.6) is 11.5 Å². The van der Waals surface area contributed by atoms with Crippen molar-refractivity contribution < 1.29 is 19.0 Å². The molecule has 1 aliphatic rings. The summed E-state index contributed by atoms with van der Waals surface area (Å²) in [7, 11) is 0. The van der Waals surface area contributed by atoms with E-state index in [1.54, 1.807) is 13.8 Å². The van der Waals surface area contributed by atoms with Crippen molar-refractivity contribution in [3.63, 3.8) is 0 Å². The van der Waals surface area contributed by atoms with E-state index in [0.717, 1.165) is 16.7 Å². The molecule has 2 heterocycles. The Morgan fingerprint density at radius 1 is 0.950 bits per heavy atom. The number of fused-ring (bicyclic) bond motifs is 1. The minimum absolute atomic E-state index is 0.231. The lowest BCUT2D eigenvalue weighted by molar-refractivity contribution is -0.138. The maximum Gasteiger partial charge on any atom is 0.338 e. The van der Waals surface area contributed by atoms with Crippen LogP contribution in [0, 0.1) is 0 Å². The lowest BCUT2D eigenvalue weighted by atomic mass is 9.97. The summed E-state index contributed by atoms with van der Waals surface area (Å²) >= 11 is 1.29. The fourth-order valence-electron chi connectivity index (χ4n) is 4.58. The highest BCUT2D eigenvalue weighted by Gasteiger charge is 2.31. The fourth-order valence-corrected chi connectivity index (χ4v) is 5.62. The highest BCUT2D eigenvalue weighted by Crippen LogP contribution is 2.32. The van der Waals surface area contributed by atoms with Crippen LogP contribution >= 0.6 is 11.3 Å². The minimum atomic E-state index is -0.559. The lowest BCUT2D eigenvalue weighted by Gasteiger charge is -2.22. The van der Waals surface area contributed by atoms with E-state index >= 15 is 0 Å². The predicted molar refractivity (Wildman–Crippen MR) is 156 cm³/mol. The van der Waals surface area contributed by atoms with E-state index in [0.29, 0.717) is 45.3 Å². The van der Waals surface area contributed by atoms with E-state index in [2.05, 4.69) is 0 Å². The maximum atomic E-state index is 13.6. The number of aromatic nitrogens is 1. The summed E-state index contributed by atoms with van der Waals surface area (Å²) in [4.78, 5) is 32.0. The number of nitrogens with zero attached hydrogens (tertiary/aromatic N) is 2. The van der Waals surface area contributed by atoms with Crippen LogP contribution in [-0.4, -0.2) is 23.8 Å². The molecule has 3 aromatic carbocycles. The molecule has 7 nitrogen and oxygen atoms in total. The van der Waals surface area contributed by atoms with Crippen molar-refractivity contribution in [2.75, 3.05) is 13.2 Å². The number of ether oxygens (including phenoxy) is 3. The molecule has 1 atom stereocenters. The van der Waals surface area contributed by atoms with Crippen molar-refractivity contribution in [1.29, 1.82) is 0 Å². The summed E-state index contributed by atoms with van der Waals surface area (Å²) in [6, 6.07) is 24.5. The summed E-state index contributed by atoms with van der Waals surface area (Å²) in [5, 5.41) is 0. The molecule has 0 fully saturated rings. The van der Waals surface area contributed by atoms with Gasteiger partial charge in [0.05, 0.1) is 23.3 Å². The van der Waals surface area contributed by atoms with Gasteiger partial charge in [0.2, 0.25) is 0 Å². The zero-order valence-corrected chi connectivity index (χ0v) is 23.4. The molecule has 204 valence electrons. The van der Waals surface area contributed by atoms with Gasteiger partial charge in [-0.25, -0.2) is 9.79 Å². The van der Waals surface area contributed by atoms with Crippen molar-refractivity contribution >= 4 is 29.1 Å². The van der Waals surface area contributed by atoms with Crippen LogP contribution in [0.15, 0.2) is 94.2 Å². The maximum absolute atomic E-state index is 13.6. The molecule has 0 N–H and O–H groups in total. The summed E-state index contributed by atoms with van der Waals surface area (Å²) in [6.45, 7) is 6.56. The molecule has 0 bridgehead atoms. The smallest absolute Gasteiger partial charge is 0.338 e. The number of hydrogen-bond donors (Lipinski definition) is 0. The van der Waals surface area contributed by atoms with Crippen LogP contribution in [0.1, 0.15) is 43.5 Å². The van der Waals surface area contributed by atoms with Gasteiger partial charge in [0, 0.05) is 5.70 Å². The first-order chi connectivity index (χ1) is 19.5. The minimum Gasteiger partial charge on any atom is -0.490 e. The normalized spacial score (nSPS) is 14.9. The highest BCUT2D eigenvalue weighted by molar-refractivity contribution is 7.07. The van der Waals surface area contributed by atoms with E-state index in [-0.39, 0.29) is 12.2 Å². The number of thiazole rings is 1. The molecular weight excluding hydrogens is 524 g/mol. The molecule has 0 amide bonds. The van der Waals surface area contributed by atoms with Gasteiger partial charge in [0.15, 0.2) is 16.3 Å². The van der Waals surface area contributed by atoms with Crippen LogP contribution in [0.2, 0.25) is 0 Å². The standard InChI is InChI=1S/C32H30N2O5S/c1-4-37-26-18-23(16-17-25(26)39-20-22-12-8-6-9-13-22)19-27-30(35)34-21(3)28(31(36)38-5-2)29(33-32(34)40-27)24-14-10-7-11-15-24/h6-19,29H,4-5,20H2,1-3H3/b27-19-/t29-/m0/s1. The van der Waals surface area contributed by atoms with E-state index in [9.17, 15) is 9.59 Å². The third-order valence-electron chi connectivity index (χ3n) is 6.46. The molecule has 1 aliphatic heterocycles. The highest BCUT2D eigenvalue weighted by atomic mass is 32.1. The molecule has 8 heteroatoms. The molecule has 40 heavy (non-hydrogen) atoms. The van der Waals surface area contributed by atoms with E-state index in [1.807, 2.05) is 91.9 Å². The van der Waals surface area contributed by atoms with Gasteiger partial charge in [-0.15, -0.1) is 0 Å². The third kappa shape index (κ3) is 5.62. The number of carbonyl (C=O) groups excluding carboxylic acids is 1. The van der Waals surface area contributed by atoms with Crippen molar-refractivity contribution in [3.05, 3.63) is 121 Å². The molecule has 5 rings (SSSR count). The molecule has 1 aromatic heterocycles. The second-order valence-electron chi connectivity index (χ2n) is 9.11. The Morgan fingerprint density at radius 2 is 1.68 bits per heavy atom. The topological polar surface area (TPSA) is 79.1 Å². The Balaban J connectivity index is 1.55. The van der Waals surface area contributed by atoms with Gasteiger partial charge in [-0.1, -0.05) is 78.1 Å². The van der Waals surface area contributed by atoms with Gasteiger partial charge < -0.3 is 14.2 Å². The van der Waals surface area contributed by atoms with Crippen molar-refractivity contribution in [1.82, 2.24) is 4.57 Å². The largest absolute Gasteiger partial charge is 0.490 e. The number of esters is 1. The second kappa shape index (κ2) is 12.2. The van der Waals surface area contributed by atoms with Gasteiger partial charge in [-0.05, 0) is 55.7 Å². The number of rotatable bonds is 9. The summed E-state index contributed by atoms with van der Waals surface area (Å²) in [5.74, 6) is 0.756. The molecule has 0 aliphatic carbocycles. The third-order valence-corrected chi connectivity index (χ3v) is 7.44. The number of allylic oxidation sites excluding steroid dienone is 1. The van der Waals surface area contributed by atoms with Crippen molar-refractivity contribution in [3.8, 4) is 11.5 Å². The van der Waals surface area contributed by atoms with Crippen molar-refractivity contribution in [2.45, 2.75) is 33.4 Å². The van der Waals surface area contributed by atoms with Crippen molar-refractivity contribution in [2.24, 2.45) is 4.99 Å². The van der Waals surface area contributed by atoms with Crippen LogP contribution < -0.4 is 24.4 Å². The Kier molecular flexibility index (Phi) is 8.26. The van der Waals surface area contributed by atoms with E-state index in [4.69, 9.17) is 19.2 Å². The zero-order chi connectivity index (χ0) is 28.1. The summed E-state index contributed by atoms with van der Waals surface area (Å²) in [6.07, 6.45) is 1.81. The number of hydrogen-bond acceptors (Lipinski definition) is 7. The Bertz CT molecular complexity index is 1720. The molecule has 0 saturated heterocycles. The monoisotopic (exact) mass is 554 g/mol. The molecular formula is C32H30N2O5S. The molecule has 0 spiro atoms. The first kappa shape index (κ1) is 27.1. The number of benzene rings is 3. The zero-order valence-electron chi connectivity index (χ0n) is 22.6. The van der Waals surface area contributed by atoms with Gasteiger partial charge in [0.25, 0.3) is 5.56 Å². The van der Waals surface area contributed by atoms with Gasteiger partial charge >= 0.3 is 5.97 Å². The van der Waals surface area contributed by atoms with Gasteiger partial charge in [-0.3, -0.25) is 9.36 Å². The SMILES string of the molecule is CCOC(=O)C1=C(C)n2c(s/c(=C\c3ccc(OCc4ccccc4)c(OCC)c3)c2=O)=N[C@H]1c1ccccc1. The Hall–Kier alpha value is -4.43. The van der Waals surface area contributed by atoms with E-state index in [1.165, 1.54) is 15.9 Å². The van der Waals surface area contributed by atoms with E-state index < -0.39 is 12.0 Å². The molecule has 0 radical (unpaired) electrons. The predicted octanol–water partition coefficient (Wildman–Crippen LogP) is 4.88. The van der Waals surface area contributed by atoms with Crippen LogP contribution in [0.4, 0.5) is 0 Å². The van der Waals surface area contributed by atoms with Crippen LogP contribution in [0.3, 0.4) is 0 Å². The Morgan fingerprint density at radius 3 is 2.38 bits per heavy atom. The molecule has 0 saturated carbocycles. The average molecular weight is 555 g/mol. The summed E-state index contributed by atoms with van der Waals surface area (Å²) in [5.41, 5.74) is 3.36. The average Bonchev–Trinajstić information content (AvgIpc) is 3.28.